The predicted octanol–water partition coefficient (Wildman–Crippen LogP) is 4.55. The van der Waals surface area contributed by atoms with Gasteiger partial charge in [0.05, 0.1) is 23.0 Å². The zero-order valence-corrected chi connectivity index (χ0v) is 20.0. The molecule has 180 valence electrons. The van der Waals surface area contributed by atoms with E-state index in [2.05, 4.69) is 55.7 Å². The molecule has 0 unspecified atom stereocenters. The van der Waals surface area contributed by atoms with Crippen molar-refractivity contribution in [1.82, 2.24) is 35.1 Å². The van der Waals surface area contributed by atoms with Gasteiger partial charge in [-0.3, -0.25) is 10.1 Å². The molecule has 2 fully saturated rings. The van der Waals surface area contributed by atoms with E-state index in [4.69, 9.17) is 10.1 Å². The highest BCUT2D eigenvalue weighted by atomic mass is 15.3. The number of nitrogens with zero attached hydrogens (tertiary/aromatic N) is 6. The molecule has 8 rings (SSSR count). The molecule has 2 aliphatic heterocycles. The van der Waals surface area contributed by atoms with Crippen molar-refractivity contribution in [1.29, 1.82) is 0 Å². The van der Waals surface area contributed by atoms with Gasteiger partial charge in [-0.25, -0.2) is 9.50 Å². The molecule has 8 nitrogen and oxygen atoms in total. The van der Waals surface area contributed by atoms with E-state index in [1.165, 1.54) is 12.1 Å². The normalized spacial score (nSPS) is 18.9. The number of rotatable bonds is 4. The molecule has 2 N–H and O–H groups in total. The van der Waals surface area contributed by atoms with Crippen LogP contribution in [0.1, 0.15) is 6.42 Å². The van der Waals surface area contributed by atoms with Crippen LogP contribution in [0, 0.1) is 0 Å². The molecular formula is C29H24N8. The number of piperazine rings is 1. The van der Waals surface area contributed by atoms with E-state index in [0.29, 0.717) is 12.1 Å². The second-order valence-electron chi connectivity index (χ2n) is 9.86. The summed E-state index contributed by atoms with van der Waals surface area (Å²) < 4.78 is 1.97. The molecule has 8 heteroatoms. The molecule has 2 bridgehead atoms. The number of aromatic nitrogens is 6. The molecule has 2 saturated heterocycles. The van der Waals surface area contributed by atoms with Crippen LogP contribution in [0.15, 0.2) is 85.5 Å². The summed E-state index contributed by atoms with van der Waals surface area (Å²) in [4.78, 5) is 11.6. The Morgan fingerprint density at radius 1 is 0.892 bits per heavy atom. The molecule has 6 aromatic rings. The van der Waals surface area contributed by atoms with E-state index >= 15 is 0 Å². The number of H-pyrrole nitrogens is 1. The number of hydrogen-bond acceptors (Lipinski definition) is 6. The first-order chi connectivity index (χ1) is 18.3. The summed E-state index contributed by atoms with van der Waals surface area (Å²) >= 11 is 0. The first-order valence-electron chi connectivity index (χ1n) is 12.6. The third kappa shape index (κ3) is 3.19. The number of nitrogens with one attached hydrogen (secondary N) is 2. The van der Waals surface area contributed by atoms with E-state index in [1.54, 1.807) is 12.4 Å². The van der Waals surface area contributed by atoms with Gasteiger partial charge in [-0.1, -0.05) is 24.3 Å². The van der Waals surface area contributed by atoms with Crippen molar-refractivity contribution in [3.63, 3.8) is 0 Å². The second kappa shape index (κ2) is 7.97. The number of fused-ring (bicyclic) bond motifs is 4. The summed E-state index contributed by atoms with van der Waals surface area (Å²) in [5, 5.41) is 17.1. The van der Waals surface area contributed by atoms with E-state index in [9.17, 15) is 0 Å². The van der Waals surface area contributed by atoms with Crippen LogP contribution >= 0.6 is 0 Å². The van der Waals surface area contributed by atoms with Crippen LogP contribution in [0.4, 0.5) is 5.69 Å². The SMILES string of the molecule is c1cc(-c2c(-c3ccncc3)nn3c(-c4ccc(N5C[C@H]6C[C@@H]5CN6)cc4)ccnc23)c2cn[nH]c2c1. The quantitative estimate of drug-likeness (QED) is 0.382. The maximum atomic E-state index is 5.13. The van der Waals surface area contributed by atoms with Crippen molar-refractivity contribution < 1.29 is 0 Å². The molecule has 2 atom stereocenters. The molecule has 0 spiro atoms. The highest BCUT2D eigenvalue weighted by Gasteiger charge is 2.37. The Morgan fingerprint density at radius 2 is 1.78 bits per heavy atom. The maximum absolute atomic E-state index is 5.13. The molecular weight excluding hydrogens is 460 g/mol. The number of aromatic amines is 1. The van der Waals surface area contributed by atoms with E-state index in [0.717, 1.165) is 63.3 Å². The van der Waals surface area contributed by atoms with Gasteiger partial charge in [0.25, 0.3) is 0 Å². The summed E-state index contributed by atoms with van der Waals surface area (Å²) in [6, 6.07) is 22.3. The van der Waals surface area contributed by atoms with Crippen LogP contribution in [-0.2, 0) is 0 Å². The van der Waals surface area contributed by atoms with Gasteiger partial charge in [-0.05, 0) is 48.4 Å². The summed E-state index contributed by atoms with van der Waals surface area (Å²) in [5.41, 5.74) is 9.08. The van der Waals surface area contributed by atoms with Gasteiger partial charge in [-0.2, -0.15) is 10.2 Å². The van der Waals surface area contributed by atoms with Crippen molar-refractivity contribution in [3.8, 4) is 33.6 Å². The molecule has 0 aliphatic carbocycles. The smallest absolute Gasteiger partial charge is 0.164 e. The predicted molar refractivity (Wildman–Crippen MR) is 144 cm³/mol. The summed E-state index contributed by atoms with van der Waals surface area (Å²) in [6.45, 7) is 2.16. The van der Waals surface area contributed by atoms with E-state index in [-0.39, 0.29) is 0 Å². The minimum Gasteiger partial charge on any atom is -0.366 e. The summed E-state index contributed by atoms with van der Waals surface area (Å²) in [7, 11) is 0. The van der Waals surface area contributed by atoms with Gasteiger partial charge in [0.15, 0.2) is 5.65 Å². The lowest BCUT2D eigenvalue weighted by Crippen LogP contribution is -2.43. The van der Waals surface area contributed by atoms with Gasteiger partial charge in [0.2, 0.25) is 0 Å². The van der Waals surface area contributed by atoms with Crippen LogP contribution < -0.4 is 10.2 Å². The lowest BCUT2D eigenvalue weighted by atomic mass is 9.99. The average Bonchev–Trinajstić information content (AvgIpc) is 3.76. The minimum absolute atomic E-state index is 0.603. The fourth-order valence-corrected chi connectivity index (χ4v) is 6.01. The Bertz CT molecular complexity index is 1750. The maximum Gasteiger partial charge on any atom is 0.164 e. The fourth-order valence-electron chi connectivity index (χ4n) is 6.01. The molecule has 4 aromatic heterocycles. The van der Waals surface area contributed by atoms with Crippen LogP contribution in [-0.4, -0.2) is 55.0 Å². The standard InChI is InChI=1S/C29H24N8/c1-2-23(24-16-33-34-25(24)3-1)27-28(19-8-11-30-12-9-19)35-37-26(10-13-31-29(27)37)18-4-6-21(7-5-18)36-17-20-14-22(36)15-32-20/h1-13,16,20,22,32H,14-15,17H2,(H,33,34)/t20-,22-/m1/s1. The van der Waals surface area contributed by atoms with E-state index in [1.807, 2.05) is 47.2 Å². The summed E-state index contributed by atoms with van der Waals surface area (Å²) in [6.07, 6.45) is 8.59. The zero-order valence-electron chi connectivity index (χ0n) is 20.0. The van der Waals surface area contributed by atoms with Crippen LogP contribution in [0.25, 0.3) is 50.2 Å². The lowest BCUT2D eigenvalue weighted by molar-refractivity contribution is 0.580. The molecule has 6 heterocycles. The van der Waals surface area contributed by atoms with Crippen molar-refractivity contribution in [2.75, 3.05) is 18.0 Å². The van der Waals surface area contributed by atoms with Crippen molar-refractivity contribution >= 4 is 22.2 Å². The Balaban J connectivity index is 1.30. The van der Waals surface area contributed by atoms with Crippen molar-refractivity contribution in [3.05, 3.63) is 85.5 Å². The van der Waals surface area contributed by atoms with Gasteiger partial charge in [0, 0.05) is 66.0 Å². The number of anilines is 1. The third-order valence-corrected chi connectivity index (χ3v) is 7.78. The first kappa shape index (κ1) is 20.6. The first-order valence-corrected chi connectivity index (χ1v) is 12.6. The van der Waals surface area contributed by atoms with Gasteiger partial charge in [-0.15, -0.1) is 0 Å². The molecule has 0 radical (unpaired) electrons. The third-order valence-electron chi connectivity index (χ3n) is 7.78. The van der Waals surface area contributed by atoms with Crippen molar-refractivity contribution in [2.24, 2.45) is 0 Å². The Kier molecular flexibility index (Phi) is 4.44. The van der Waals surface area contributed by atoms with Gasteiger partial charge < -0.3 is 10.2 Å². The summed E-state index contributed by atoms with van der Waals surface area (Å²) in [5.74, 6) is 0. The van der Waals surface area contributed by atoms with Crippen LogP contribution in [0.3, 0.4) is 0 Å². The highest BCUT2D eigenvalue weighted by molar-refractivity contribution is 6.02. The topological polar surface area (TPSA) is 87.0 Å². The van der Waals surface area contributed by atoms with Crippen LogP contribution in [0.5, 0.6) is 0 Å². The highest BCUT2D eigenvalue weighted by Crippen LogP contribution is 2.39. The van der Waals surface area contributed by atoms with Gasteiger partial charge in [0.1, 0.15) is 5.69 Å². The lowest BCUT2D eigenvalue weighted by Gasteiger charge is -2.29. The second-order valence-corrected chi connectivity index (χ2v) is 9.86. The molecule has 37 heavy (non-hydrogen) atoms. The van der Waals surface area contributed by atoms with Gasteiger partial charge >= 0.3 is 0 Å². The average molecular weight is 485 g/mol. The zero-order chi connectivity index (χ0) is 24.3. The number of benzene rings is 2. The Morgan fingerprint density at radius 3 is 2.59 bits per heavy atom. The molecule has 2 aromatic carbocycles. The minimum atomic E-state index is 0.603. The number of hydrogen-bond donors (Lipinski definition) is 2. The fraction of sp³-hybridized carbons (Fsp3) is 0.172. The molecule has 0 saturated carbocycles. The Hall–Kier alpha value is -4.56. The van der Waals surface area contributed by atoms with Crippen molar-refractivity contribution in [2.45, 2.75) is 18.5 Å². The van der Waals surface area contributed by atoms with Crippen LogP contribution in [0.2, 0.25) is 0 Å². The largest absolute Gasteiger partial charge is 0.366 e. The van der Waals surface area contributed by atoms with E-state index < -0.39 is 0 Å². The monoisotopic (exact) mass is 484 g/mol. The Labute approximate surface area is 213 Å². The number of pyridine rings is 1. The molecule has 0 amide bonds. The molecule has 2 aliphatic rings.